The van der Waals surface area contributed by atoms with E-state index in [-0.39, 0.29) is 30.5 Å². The van der Waals surface area contributed by atoms with Gasteiger partial charge in [-0.2, -0.15) is 13.2 Å². The van der Waals surface area contributed by atoms with Gasteiger partial charge in [0.1, 0.15) is 0 Å². The van der Waals surface area contributed by atoms with E-state index in [1.165, 1.54) is 6.07 Å². The first-order valence-corrected chi connectivity index (χ1v) is 10.1. The summed E-state index contributed by atoms with van der Waals surface area (Å²) >= 11 is 0. The van der Waals surface area contributed by atoms with Crippen molar-refractivity contribution in [2.75, 3.05) is 37.7 Å². The van der Waals surface area contributed by atoms with Crippen molar-refractivity contribution in [3.63, 3.8) is 0 Å². The third-order valence-corrected chi connectivity index (χ3v) is 4.81. The molecule has 0 spiro atoms. The highest BCUT2D eigenvalue weighted by Crippen LogP contribution is 2.29. The van der Waals surface area contributed by atoms with Crippen molar-refractivity contribution in [2.24, 2.45) is 4.99 Å². The summed E-state index contributed by atoms with van der Waals surface area (Å²) in [6.45, 7) is 6.43. The fourth-order valence-corrected chi connectivity index (χ4v) is 3.31. The van der Waals surface area contributed by atoms with E-state index in [4.69, 9.17) is 4.74 Å². The van der Waals surface area contributed by atoms with Crippen LogP contribution < -0.4 is 15.5 Å². The molecule has 1 heterocycles. The van der Waals surface area contributed by atoms with Gasteiger partial charge in [0.2, 0.25) is 0 Å². The monoisotopic (exact) mass is 548 g/mol. The van der Waals surface area contributed by atoms with Crippen molar-refractivity contribution >= 4 is 35.6 Å². The van der Waals surface area contributed by atoms with E-state index in [1.807, 2.05) is 19.1 Å². The zero-order valence-electron chi connectivity index (χ0n) is 17.4. The van der Waals surface area contributed by atoms with E-state index >= 15 is 0 Å². The molecule has 0 aliphatic carbocycles. The maximum Gasteiger partial charge on any atom is 0.416 e. The maximum absolute atomic E-state index is 12.9. The summed E-state index contributed by atoms with van der Waals surface area (Å²) in [5.41, 5.74) is 2.13. The molecule has 2 aromatic carbocycles. The number of rotatable bonds is 6. The van der Waals surface area contributed by atoms with E-state index in [0.717, 1.165) is 36.5 Å². The number of nitrogens with one attached hydrogen (secondary N) is 2. The van der Waals surface area contributed by atoms with Crippen LogP contribution in [-0.4, -0.2) is 38.8 Å². The molecule has 0 unspecified atom stereocenters. The van der Waals surface area contributed by atoms with Gasteiger partial charge in [-0.25, -0.2) is 4.99 Å². The first-order valence-electron chi connectivity index (χ1n) is 10.1. The number of morpholine rings is 1. The Morgan fingerprint density at radius 2 is 1.81 bits per heavy atom. The van der Waals surface area contributed by atoms with Crippen molar-refractivity contribution < 1.29 is 17.9 Å². The Bertz CT molecular complexity index is 855. The van der Waals surface area contributed by atoms with Crippen LogP contribution in [0.3, 0.4) is 0 Å². The van der Waals surface area contributed by atoms with Gasteiger partial charge in [0.05, 0.1) is 25.3 Å². The van der Waals surface area contributed by atoms with Gasteiger partial charge in [0.25, 0.3) is 0 Å². The van der Waals surface area contributed by atoms with Crippen LogP contribution >= 0.6 is 24.0 Å². The molecule has 0 saturated carbocycles. The number of halogens is 4. The third kappa shape index (κ3) is 7.57. The van der Waals surface area contributed by atoms with Crippen molar-refractivity contribution in [2.45, 2.75) is 26.2 Å². The molecular formula is C22H28F3IN4O. The van der Waals surface area contributed by atoms with Crippen LogP contribution in [0.2, 0.25) is 0 Å². The number of benzene rings is 2. The summed E-state index contributed by atoms with van der Waals surface area (Å²) in [6, 6.07) is 13.4. The Hall–Kier alpha value is -2.01. The van der Waals surface area contributed by atoms with Crippen LogP contribution in [0.1, 0.15) is 23.6 Å². The fraction of sp³-hybridized carbons (Fsp3) is 0.409. The Balaban J connectivity index is 0.00000341. The number of hydrogen-bond donors (Lipinski definition) is 2. The summed E-state index contributed by atoms with van der Waals surface area (Å²) in [5.74, 6) is 0.562. The highest BCUT2D eigenvalue weighted by atomic mass is 127. The lowest BCUT2D eigenvalue weighted by Crippen LogP contribution is -2.39. The van der Waals surface area contributed by atoms with Crippen LogP contribution in [0, 0.1) is 0 Å². The smallest absolute Gasteiger partial charge is 0.378 e. The lowest BCUT2D eigenvalue weighted by molar-refractivity contribution is -0.137. The molecule has 0 bridgehead atoms. The molecule has 0 aromatic heterocycles. The summed E-state index contributed by atoms with van der Waals surface area (Å²) in [7, 11) is 0. The van der Waals surface area contributed by atoms with E-state index in [0.29, 0.717) is 37.8 Å². The number of aliphatic imine (C=N–C) groups is 1. The molecule has 31 heavy (non-hydrogen) atoms. The number of guanidine groups is 1. The van der Waals surface area contributed by atoms with Crippen molar-refractivity contribution in [3.05, 3.63) is 65.2 Å². The molecule has 0 radical (unpaired) electrons. The van der Waals surface area contributed by atoms with Gasteiger partial charge in [-0.05, 0) is 36.2 Å². The highest BCUT2D eigenvalue weighted by Gasteiger charge is 2.30. The molecule has 2 N–H and O–H groups in total. The topological polar surface area (TPSA) is 48.9 Å². The number of nitrogens with zero attached hydrogens (tertiary/aromatic N) is 2. The SMILES string of the molecule is CCNC(=NCc1cccc(C(F)(F)F)c1)NCc1ccccc1N1CCOCC1.I. The minimum absolute atomic E-state index is 0. The molecule has 0 amide bonds. The minimum atomic E-state index is -4.36. The third-order valence-electron chi connectivity index (χ3n) is 4.81. The first kappa shape index (κ1) is 25.3. The minimum Gasteiger partial charge on any atom is -0.378 e. The van der Waals surface area contributed by atoms with E-state index < -0.39 is 11.7 Å². The zero-order valence-corrected chi connectivity index (χ0v) is 19.7. The van der Waals surface area contributed by atoms with Crippen LogP contribution in [0.5, 0.6) is 0 Å². The first-order chi connectivity index (χ1) is 14.5. The van der Waals surface area contributed by atoms with Gasteiger partial charge in [-0.15, -0.1) is 24.0 Å². The van der Waals surface area contributed by atoms with Gasteiger partial charge in [-0.3, -0.25) is 0 Å². The molecule has 1 aliphatic rings. The summed E-state index contributed by atoms with van der Waals surface area (Å²) in [6.07, 6.45) is -4.36. The predicted molar refractivity (Wildman–Crippen MR) is 128 cm³/mol. The largest absolute Gasteiger partial charge is 0.416 e. The number of anilines is 1. The van der Waals surface area contributed by atoms with Gasteiger partial charge >= 0.3 is 6.18 Å². The normalized spacial score (nSPS) is 14.7. The number of ether oxygens (including phenoxy) is 1. The molecular weight excluding hydrogens is 520 g/mol. The Morgan fingerprint density at radius 3 is 2.52 bits per heavy atom. The van der Waals surface area contributed by atoms with Crippen LogP contribution in [0.4, 0.5) is 18.9 Å². The number of hydrogen-bond acceptors (Lipinski definition) is 3. The second-order valence-electron chi connectivity index (χ2n) is 6.97. The lowest BCUT2D eigenvalue weighted by Gasteiger charge is -2.30. The van der Waals surface area contributed by atoms with Crippen LogP contribution in [0.25, 0.3) is 0 Å². The molecule has 2 aromatic rings. The summed E-state index contributed by atoms with van der Waals surface area (Å²) in [4.78, 5) is 6.76. The second-order valence-corrected chi connectivity index (χ2v) is 6.97. The maximum atomic E-state index is 12.9. The van der Waals surface area contributed by atoms with Gasteiger partial charge in [0, 0.05) is 31.9 Å². The number of para-hydroxylation sites is 1. The molecule has 3 rings (SSSR count). The average molecular weight is 548 g/mol. The molecule has 1 fully saturated rings. The van der Waals surface area contributed by atoms with E-state index in [2.05, 4.69) is 32.7 Å². The van der Waals surface area contributed by atoms with Crippen molar-refractivity contribution in [3.8, 4) is 0 Å². The standard InChI is InChI=1S/C22H27F3N4O.HI/c1-2-26-21(27-15-17-6-5-8-19(14-17)22(23,24)25)28-16-18-7-3-4-9-20(18)29-10-12-30-13-11-29;/h3-9,14H,2,10-13,15-16H2,1H3,(H2,26,27,28);1H. The molecule has 9 heteroatoms. The van der Waals surface area contributed by atoms with Crippen molar-refractivity contribution in [1.29, 1.82) is 0 Å². The molecule has 1 saturated heterocycles. The fourth-order valence-electron chi connectivity index (χ4n) is 3.31. The molecule has 0 atom stereocenters. The molecule has 170 valence electrons. The van der Waals surface area contributed by atoms with Crippen molar-refractivity contribution in [1.82, 2.24) is 10.6 Å². The highest BCUT2D eigenvalue weighted by molar-refractivity contribution is 14.0. The Labute approximate surface area is 198 Å². The van der Waals surface area contributed by atoms with E-state index in [9.17, 15) is 13.2 Å². The average Bonchev–Trinajstić information content (AvgIpc) is 2.76. The molecule has 5 nitrogen and oxygen atoms in total. The summed E-state index contributed by atoms with van der Waals surface area (Å²) in [5, 5.41) is 6.44. The lowest BCUT2D eigenvalue weighted by atomic mass is 10.1. The predicted octanol–water partition coefficient (Wildman–Crippen LogP) is 4.42. The Kier molecular flexibility index (Phi) is 9.89. The second kappa shape index (κ2) is 12.1. The van der Waals surface area contributed by atoms with Gasteiger partial charge in [-0.1, -0.05) is 30.3 Å². The number of alkyl halides is 3. The van der Waals surface area contributed by atoms with E-state index in [1.54, 1.807) is 6.07 Å². The van der Waals surface area contributed by atoms with Gasteiger partial charge in [0.15, 0.2) is 5.96 Å². The quantitative estimate of drug-likeness (QED) is 0.319. The van der Waals surface area contributed by atoms with Crippen LogP contribution in [-0.2, 0) is 24.0 Å². The van der Waals surface area contributed by atoms with Crippen LogP contribution in [0.15, 0.2) is 53.5 Å². The Morgan fingerprint density at radius 1 is 1.06 bits per heavy atom. The summed E-state index contributed by atoms with van der Waals surface area (Å²) < 4.78 is 44.2. The van der Waals surface area contributed by atoms with Gasteiger partial charge < -0.3 is 20.3 Å². The molecule has 1 aliphatic heterocycles. The zero-order chi connectivity index (χ0) is 21.4.